The van der Waals surface area contributed by atoms with Crippen molar-refractivity contribution in [1.29, 1.82) is 0 Å². The van der Waals surface area contributed by atoms with Gasteiger partial charge in [-0.3, -0.25) is 10.0 Å². The summed E-state index contributed by atoms with van der Waals surface area (Å²) in [7, 11) is 0. The number of piperazine rings is 1. The monoisotopic (exact) mass is 311 g/mol. The van der Waals surface area contributed by atoms with Crippen molar-refractivity contribution in [2.24, 2.45) is 0 Å². The third-order valence-corrected chi connectivity index (χ3v) is 4.60. The topological polar surface area (TPSA) is 81.6 Å². The summed E-state index contributed by atoms with van der Waals surface area (Å²) >= 11 is 0. The first kappa shape index (κ1) is 14.0. The van der Waals surface area contributed by atoms with Crippen molar-refractivity contribution in [3.63, 3.8) is 0 Å². The van der Waals surface area contributed by atoms with Gasteiger partial charge in [0, 0.05) is 31.2 Å². The van der Waals surface area contributed by atoms with Crippen LogP contribution in [-0.2, 0) is 0 Å². The molecule has 7 nitrogen and oxygen atoms in total. The van der Waals surface area contributed by atoms with E-state index in [2.05, 4.69) is 51.0 Å². The Morgan fingerprint density at radius 2 is 1.91 bits per heavy atom. The molecule has 2 saturated heterocycles. The minimum Gasteiger partial charge on any atom is -0.362 e. The Morgan fingerprint density at radius 1 is 1.22 bits per heavy atom. The molecule has 0 saturated carbocycles. The lowest BCUT2D eigenvalue weighted by atomic mass is 9.85. The molecule has 2 aromatic rings. The predicted octanol–water partition coefficient (Wildman–Crippen LogP) is 0.981. The van der Waals surface area contributed by atoms with Gasteiger partial charge >= 0.3 is 0 Å². The summed E-state index contributed by atoms with van der Waals surface area (Å²) in [6.07, 6.45) is 2.86. The molecule has 0 radical (unpaired) electrons. The maximum absolute atomic E-state index is 11.3. The molecule has 2 N–H and O–H groups in total. The van der Waals surface area contributed by atoms with Crippen molar-refractivity contribution in [2.75, 3.05) is 22.9 Å². The quantitative estimate of drug-likeness (QED) is 0.650. The molecule has 1 aromatic heterocycles. The number of nitrogens with zero attached hydrogens (tertiary/aromatic N) is 4. The number of aryl methyl sites for hydroxylation is 1. The van der Waals surface area contributed by atoms with Crippen LogP contribution in [0.4, 0.5) is 11.6 Å². The highest BCUT2D eigenvalue weighted by Gasteiger charge is 2.52. The maximum atomic E-state index is 11.3. The molecule has 0 spiro atoms. The van der Waals surface area contributed by atoms with E-state index in [0.29, 0.717) is 18.0 Å². The molecule has 1 aromatic carbocycles. The lowest BCUT2D eigenvalue weighted by molar-refractivity contribution is 0.0705. The summed E-state index contributed by atoms with van der Waals surface area (Å²) in [6.45, 7) is 3.94. The number of anilines is 2. The molecule has 23 heavy (non-hydrogen) atoms. The first-order chi connectivity index (χ1) is 11.2. The number of hydrogen-bond acceptors (Lipinski definition) is 6. The molecule has 2 aliphatic heterocycles. The van der Waals surface area contributed by atoms with Crippen molar-refractivity contribution in [1.82, 2.24) is 15.4 Å². The average Bonchev–Trinajstić information content (AvgIpc) is 2.56. The number of rotatable bonds is 3. The lowest BCUT2D eigenvalue weighted by Crippen LogP contribution is -2.79. The fourth-order valence-corrected chi connectivity index (χ4v) is 3.24. The molecule has 2 fully saturated rings. The molecular weight excluding hydrogens is 294 g/mol. The zero-order valence-electron chi connectivity index (χ0n) is 12.7. The van der Waals surface area contributed by atoms with Gasteiger partial charge in [-0.15, -0.1) is 0 Å². The summed E-state index contributed by atoms with van der Waals surface area (Å²) in [5, 5.41) is 8.60. The van der Waals surface area contributed by atoms with Gasteiger partial charge in [0.15, 0.2) is 0 Å². The molecule has 1 unspecified atom stereocenters. The first-order valence-electron chi connectivity index (χ1n) is 7.54. The molecule has 4 rings (SSSR count). The predicted molar refractivity (Wildman–Crippen MR) is 84.7 cm³/mol. The second kappa shape index (κ2) is 5.20. The van der Waals surface area contributed by atoms with Crippen molar-refractivity contribution in [2.45, 2.75) is 19.0 Å². The van der Waals surface area contributed by atoms with Crippen molar-refractivity contribution >= 4 is 17.5 Å². The number of nitrogens with one attached hydrogen (secondary N) is 1. The van der Waals surface area contributed by atoms with Crippen LogP contribution in [0.3, 0.4) is 0 Å². The van der Waals surface area contributed by atoms with Crippen LogP contribution in [0.2, 0.25) is 0 Å². The van der Waals surface area contributed by atoms with Gasteiger partial charge in [0.2, 0.25) is 5.95 Å². The highest BCUT2D eigenvalue weighted by atomic mass is 16.5. The third-order valence-electron chi connectivity index (χ3n) is 4.60. The summed E-state index contributed by atoms with van der Waals surface area (Å²) in [6, 6.07) is 9.46. The lowest BCUT2D eigenvalue weighted by Gasteiger charge is -2.62. The van der Waals surface area contributed by atoms with E-state index in [0.717, 1.165) is 13.1 Å². The van der Waals surface area contributed by atoms with Crippen molar-refractivity contribution in [3.8, 4) is 0 Å². The Labute approximate surface area is 133 Å². The molecule has 2 atom stereocenters. The highest BCUT2D eigenvalue weighted by molar-refractivity contribution is 5.92. The number of fused-ring (bicyclic) bond motifs is 1. The van der Waals surface area contributed by atoms with Gasteiger partial charge in [0.25, 0.3) is 5.91 Å². The molecule has 0 bridgehead atoms. The number of carbonyl (C=O) groups excluding carboxylic acids is 1. The van der Waals surface area contributed by atoms with Gasteiger partial charge in [0.1, 0.15) is 0 Å². The number of amides is 1. The van der Waals surface area contributed by atoms with Crippen LogP contribution in [0.5, 0.6) is 0 Å². The van der Waals surface area contributed by atoms with Crippen LogP contribution in [0.1, 0.15) is 15.9 Å². The van der Waals surface area contributed by atoms with Gasteiger partial charge in [-0.2, -0.15) is 0 Å². The number of hydrogen-bond donors (Lipinski definition) is 2. The van der Waals surface area contributed by atoms with E-state index >= 15 is 0 Å². The van der Waals surface area contributed by atoms with E-state index in [-0.39, 0.29) is 5.56 Å². The van der Waals surface area contributed by atoms with Crippen LogP contribution in [0, 0.1) is 6.92 Å². The van der Waals surface area contributed by atoms with Crippen LogP contribution in [0.15, 0.2) is 36.7 Å². The molecule has 1 amide bonds. The second-order valence-corrected chi connectivity index (χ2v) is 5.99. The maximum Gasteiger partial charge on any atom is 0.277 e. The Hall–Kier alpha value is -2.67. The highest BCUT2D eigenvalue weighted by Crippen LogP contribution is 2.38. The minimum absolute atomic E-state index is 0.239. The molecule has 118 valence electrons. The van der Waals surface area contributed by atoms with Gasteiger partial charge in [-0.05, 0) is 24.6 Å². The van der Waals surface area contributed by atoms with Gasteiger partial charge in [-0.1, -0.05) is 12.1 Å². The van der Waals surface area contributed by atoms with Gasteiger partial charge in [0.05, 0.1) is 17.6 Å². The Kier molecular flexibility index (Phi) is 3.16. The van der Waals surface area contributed by atoms with Crippen molar-refractivity contribution < 1.29 is 10.0 Å². The first-order valence-corrected chi connectivity index (χ1v) is 7.54. The zero-order chi connectivity index (χ0) is 16.0. The zero-order valence-corrected chi connectivity index (χ0v) is 12.7. The number of aromatic nitrogens is 2. The largest absolute Gasteiger partial charge is 0.362 e. The minimum atomic E-state index is -0.604. The molecule has 3 heterocycles. The van der Waals surface area contributed by atoms with E-state index in [1.807, 2.05) is 0 Å². The second-order valence-electron chi connectivity index (χ2n) is 5.99. The van der Waals surface area contributed by atoms with E-state index in [1.165, 1.54) is 23.6 Å². The summed E-state index contributed by atoms with van der Waals surface area (Å²) in [5.41, 5.74) is 4.35. The van der Waals surface area contributed by atoms with E-state index in [4.69, 9.17) is 5.21 Å². The Bertz CT molecular complexity index is 748. The SMILES string of the molecule is Cc1cccc(N2CC3[C@H]2CN3c2ncc(C(=O)NO)cn2)c1. The number of hydroxylamine groups is 1. The number of benzene rings is 1. The standard InChI is InChI=1S/C16H17N5O2/c1-10-3-2-4-12(5-10)20-8-14-13(20)9-21(14)16-17-6-11(7-18-16)15(22)19-23/h2-7,13-14,23H,8-9H2,1H3,(H,19,22)/t13-,14?/m1/s1. The Balaban J connectivity index is 1.43. The smallest absolute Gasteiger partial charge is 0.277 e. The fraction of sp³-hybridized carbons (Fsp3) is 0.312. The van der Waals surface area contributed by atoms with Gasteiger partial charge < -0.3 is 9.80 Å². The fourth-order valence-electron chi connectivity index (χ4n) is 3.24. The molecular formula is C16H17N5O2. The molecule has 7 heteroatoms. The van der Waals surface area contributed by atoms with E-state index in [9.17, 15) is 4.79 Å². The average molecular weight is 311 g/mol. The van der Waals surface area contributed by atoms with Crippen LogP contribution in [0.25, 0.3) is 0 Å². The number of carbonyl (C=O) groups is 1. The Morgan fingerprint density at radius 3 is 2.52 bits per heavy atom. The van der Waals surface area contributed by atoms with Crippen molar-refractivity contribution in [3.05, 3.63) is 47.8 Å². The normalized spacial score (nSPS) is 22.0. The van der Waals surface area contributed by atoms with E-state index < -0.39 is 5.91 Å². The van der Waals surface area contributed by atoms with Crippen LogP contribution in [-0.4, -0.2) is 46.3 Å². The van der Waals surface area contributed by atoms with E-state index in [1.54, 1.807) is 5.48 Å². The third kappa shape index (κ3) is 2.20. The summed E-state index contributed by atoms with van der Waals surface area (Å²) in [5.74, 6) is 0.0249. The molecule has 0 aliphatic carbocycles. The van der Waals surface area contributed by atoms with Gasteiger partial charge in [-0.25, -0.2) is 15.4 Å². The van der Waals surface area contributed by atoms with Crippen LogP contribution < -0.4 is 15.3 Å². The molecule has 2 aliphatic rings. The summed E-state index contributed by atoms with van der Waals surface area (Å²) < 4.78 is 0. The van der Waals surface area contributed by atoms with Crippen LogP contribution >= 0.6 is 0 Å². The summed E-state index contributed by atoms with van der Waals surface area (Å²) in [4.78, 5) is 24.3.